The molecule has 0 aromatic rings. The Morgan fingerprint density at radius 1 is 0.949 bits per heavy atom. The number of hydrogen-bond donors (Lipinski definition) is 10. The van der Waals surface area contributed by atoms with Gasteiger partial charge in [-0.1, -0.05) is 0 Å². The van der Waals surface area contributed by atoms with Gasteiger partial charge in [-0.3, -0.25) is 28.8 Å². The lowest BCUT2D eigenvalue weighted by molar-refractivity contribution is -0.170. The number of aldehydes is 1. The number of aliphatic carboxylic acids is 1. The van der Waals surface area contributed by atoms with Crippen molar-refractivity contribution < 1.29 is 63.8 Å². The number of rotatable bonds is 19. The molecule has 12 N–H and O–H groups in total. The summed E-state index contributed by atoms with van der Waals surface area (Å²) in [6.07, 6.45) is -8.98. The topological polar surface area (TPSA) is 318 Å². The molecule has 0 bridgehead atoms. The van der Waals surface area contributed by atoms with Gasteiger partial charge in [-0.15, -0.1) is 0 Å². The summed E-state index contributed by atoms with van der Waals surface area (Å²) in [5.74, 6) is -8.62. The maximum absolute atomic E-state index is 12.9. The first-order valence-electron chi connectivity index (χ1n) is 11.5. The zero-order chi connectivity index (χ0) is 30.4. The van der Waals surface area contributed by atoms with Crippen molar-refractivity contribution >= 4 is 41.8 Å². The summed E-state index contributed by atoms with van der Waals surface area (Å²) < 4.78 is 5.33. The van der Waals surface area contributed by atoms with Crippen LogP contribution in [0.25, 0.3) is 0 Å². The fraction of sp³-hybridized carbons (Fsp3) is 0.667. The number of nitrogens with one attached hydrogen (secondary N) is 3. The molecule has 39 heavy (non-hydrogen) atoms. The second kappa shape index (κ2) is 17.0. The van der Waals surface area contributed by atoms with Crippen molar-refractivity contribution in [1.82, 2.24) is 16.0 Å². The standard InChI is InChI=1S/C21H35N5O13/c1-8(21(37)38)24-14(32)4-3-11(18(22)34)26-20(36)10(5-27)16(19(23)35)39-17(15(33)13(31)7-29)12(6-28)25-9(2)30/h6,8,10-13,15-17,27,29,31,33H,3-5,7H2,1-2H3,(H2,22,34)(H2,23,35)(H,24,32)(H,25,30)(H,26,36)(H,37,38)/t8?,10?,11?,12-,13+,15+,16?,17+/m0/s1. The molecule has 18 nitrogen and oxygen atoms in total. The van der Waals surface area contributed by atoms with Gasteiger partial charge in [0.25, 0.3) is 0 Å². The Bertz CT molecular complexity index is 901. The molecule has 222 valence electrons. The van der Waals surface area contributed by atoms with Gasteiger partial charge in [0.2, 0.25) is 29.5 Å². The molecule has 18 heteroatoms. The van der Waals surface area contributed by atoms with Crippen molar-refractivity contribution in [3.05, 3.63) is 0 Å². The van der Waals surface area contributed by atoms with E-state index in [1.165, 1.54) is 6.92 Å². The Kier molecular flexibility index (Phi) is 15.4. The predicted octanol–water partition coefficient (Wildman–Crippen LogP) is -6.41. The van der Waals surface area contributed by atoms with E-state index in [0.29, 0.717) is 0 Å². The third-order valence-electron chi connectivity index (χ3n) is 5.34. The van der Waals surface area contributed by atoms with E-state index in [1.54, 1.807) is 0 Å². The number of ether oxygens (including phenoxy) is 1. The summed E-state index contributed by atoms with van der Waals surface area (Å²) >= 11 is 0. The molecule has 4 unspecified atom stereocenters. The molecule has 0 heterocycles. The Morgan fingerprint density at radius 3 is 1.95 bits per heavy atom. The number of carbonyl (C=O) groups excluding carboxylic acids is 6. The van der Waals surface area contributed by atoms with Crippen LogP contribution in [0.15, 0.2) is 0 Å². The molecule has 5 amide bonds. The second-order valence-electron chi connectivity index (χ2n) is 8.45. The van der Waals surface area contributed by atoms with E-state index >= 15 is 0 Å². The van der Waals surface area contributed by atoms with E-state index in [4.69, 9.17) is 26.4 Å². The zero-order valence-electron chi connectivity index (χ0n) is 21.2. The van der Waals surface area contributed by atoms with E-state index in [2.05, 4.69) is 16.0 Å². The molecule has 0 saturated carbocycles. The first-order chi connectivity index (χ1) is 18.1. The number of aliphatic hydroxyl groups excluding tert-OH is 4. The number of aliphatic hydroxyl groups is 4. The van der Waals surface area contributed by atoms with Gasteiger partial charge in [-0.05, 0) is 13.3 Å². The Balaban J connectivity index is 5.89. The Morgan fingerprint density at radius 2 is 1.54 bits per heavy atom. The number of amides is 5. The minimum absolute atomic E-state index is 0.0742. The van der Waals surface area contributed by atoms with Crippen LogP contribution < -0.4 is 27.4 Å². The van der Waals surface area contributed by atoms with Crippen molar-refractivity contribution in [3.63, 3.8) is 0 Å². The highest BCUT2D eigenvalue weighted by Gasteiger charge is 2.42. The van der Waals surface area contributed by atoms with Crippen molar-refractivity contribution in [2.45, 2.75) is 69.2 Å². The van der Waals surface area contributed by atoms with Crippen molar-refractivity contribution in [3.8, 4) is 0 Å². The SMILES string of the molecule is CC(=O)N[C@@H](C=O)[C@@H](OC(C(N)=O)C(CO)C(=O)NC(CCC(=O)NC(C)C(=O)O)C(N)=O)[C@H](O)[C@H](O)CO. The molecule has 0 aliphatic carbocycles. The fourth-order valence-corrected chi connectivity index (χ4v) is 3.19. The first-order valence-corrected chi connectivity index (χ1v) is 11.5. The highest BCUT2D eigenvalue weighted by Crippen LogP contribution is 2.18. The van der Waals surface area contributed by atoms with Crippen LogP contribution in [0.5, 0.6) is 0 Å². The maximum Gasteiger partial charge on any atom is 0.325 e. The predicted molar refractivity (Wildman–Crippen MR) is 127 cm³/mol. The quantitative estimate of drug-likeness (QED) is 0.0652. The van der Waals surface area contributed by atoms with E-state index in [1.807, 2.05) is 0 Å². The van der Waals surface area contributed by atoms with Gasteiger partial charge >= 0.3 is 5.97 Å². The van der Waals surface area contributed by atoms with E-state index in [0.717, 1.165) is 6.92 Å². The molecular weight excluding hydrogens is 530 g/mol. The molecule has 0 radical (unpaired) electrons. The van der Waals surface area contributed by atoms with Crippen LogP contribution in [0.3, 0.4) is 0 Å². The molecule has 0 aliphatic rings. The number of hydrogen-bond acceptors (Lipinski definition) is 12. The molecule has 0 rings (SSSR count). The third kappa shape index (κ3) is 11.7. The van der Waals surface area contributed by atoms with Crippen LogP contribution in [0.1, 0.15) is 26.7 Å². The number of primary amides is 2. The van der Waals surface area contributed by atoms with Crippen molar-refractivity contribution in [1.29, 1.82) is 0 Å². The molecule has 0 fully saturated rings. The number of carboxylic acid groups (broad SMARTS) is 1. The first kappa shape index (κ1) is 35.3. The van der Waals surface area contributed by atoms with Crippen LogP contribution >= 0.6 is 0 Å². The van der Waals surface area contributed by atoms with Crippen LogP contribution in [-0.4, -0.2) is 123 Å². The fourth-order valence-electron chi connectivity index (χ4n) is 3.19. The van der Waals surface area contributed by atoms with Crippen LogP contribution in [-0.2, 0) is 38.3 Å². The number of nitrogens with two attached hydrogens (primary N) is 2. The van der Waals surface area contributed by atoms with Gasteiger partial charge in [0.1, 0.15) is 48.8 Å². The van der Waals surface area contributed by atoms with Gasteiger partial charge in [-0.2, -0.15) is 0 Å². The zero-order valence-corrected chi connectivity index (χ0v) is 21.2. The summed E-state index contributed by atoms with van der Waals surface area (Å²) in [5.41, 5.74) is 10.5. The monoisotopic (exact) mass is 565 g/mol. The molecule has 0 saturated heterocycles. The van der Waals surface area contributed by atoms with Gasteiger partial charge in [0.15, 0.2) is 0 Å². The van der Waals surface area contributed by atoms with Crippen LogP contribution in [0, 0.1) is 5.92 Å². The summed E-state index contributed by atoms with van der Waals surface area (Å²) in [6, 6.07) is -4.52. The minimum atomic E-state index is -2.13. The maximum atomic E-state index is 12.9. The number of carbonyl (C=O) groups is 7. The normalized spacial score (nSPS) is 17.2. The summed E-state index contributed by atoms with van der Waals surface area (Å²) in [6.45, 7) is -0.0193. The average molecular weight is 566 g/mol. The molecular formula is C21H35N5O13. The van der Waals surface area contributed by atoms with Crippen LogP contribution in [0.2, 0.25) is 0 Å². The molecule has 0 spiro atoms. The van der Waals surface area contributed by atoms with Gasteiger partial charge < -0.3 is 62.5 Å². The summed E-state index contributed by atoms with van der Waals surface area (Å²) in [7, 11) is 0. The van der Waals surface area contributed by atoms with E-state index in [9.17, 15) is 48.9 Å². The van der Waals surface area contributed by atoms with E-state index in [-0.39, 0.29) is 6.29 Å². The Labute approximate surface area is 222 Å². The van der Waals surface area contributed by atoms with Gasteiger partial charge in [0, 0.05) is 13.3 Å². The highest BCUT2D eigenvalue weighted by molar-refractivity contribution is 5.92. The van der Waals surface area contributed by atoms with Crippen LogP contribution in [0.4, 0.5) is 0 Å². The summed E-state index contributed by atoms with van der Waals surface area (Å²) in [5, 5.41) is 54.3. The minimum Gasteiger partial charge on any atom is -0.480 e. The molecule has 8 atom stereocenters. The lowest BCUT2D eigenvalue weighted by Gasteiger charge is -2.34. The average Bonchev–Trinajstić information content (AvgIpc) is 2.85. The number of carboxylic acids is 1. The Hall–Kier alpha value is -3.71. The van der Waals surface area contributed by atoms with E-state index < -0.39 is 110 Å². The highest BCUT2D eigenvalue weighted by atomic mass is 16.5. The molecule has 0 aromatic heterocycles. The van der Waals surface area contributed by atoms with Gasteiger partial charge in [-0.25, -0.2) is 0 Å². The van der Waals surface area contributed by atoms with Crippen molar-refractivity contribution in [2.24, 2.45) is 17.4 Å². The largest absolute Gasteiger partial charge is 0.480 e. The lowest BCUT2D eigenvalue weighted by atomic mass is 9.97. The summed E-state index contributed by atoms with van der Waals surface area (Å²) in [4.78, 5) is 82.7. The molecule has 0 aliphatic heterocycles. The second-order valence-corrected chi connectivity index (χ2v) is 8.45. The molecule has 0 aromatic carbocycles. The van der Waals surface area contributed by atoms with Gasteiger partial charge in [0.05, 0.1) is 19.1 Å². The lowest BCUT2D eigenvalue weighted by Crippen LogP contribution is -2.59. The van der Waals surface area contributed by atoms with Crippen molar-refractivity contribution in [2.75, 3.05) is 13.2 Å². The third-order valence-corrected chi connectivity index (χ3v) is 5.34. The smallest absolute Gasteiger partial charge is 0.325 e.